The molecule has 0 atom stereocenters. The summed E-state index contributed by atoms with van der Waals surface area (Å²) in [5.74, 6) is 5.58. The Labute approximate surface area is 71.2 Å². The summed E-state index contributed by atoms with van der Waals surface area (Å²) in [5, 5.41) is 2.54. The third kappa shape index (κ3) is 0.782. The second kappa shape index (κ2) is 2.21. The quantitative estimate of drug-likeness (QED) is 0.550. The maximum atomic E-state index is 11.0. The molecule has 0 bridgehead atoms. The summed E-state index contributed by atoms with van der Waals surface area (Å²) in [6.45, 7) is 0. The van der Waals surface area contributed by atoms with E-state index in [9.17, 15) is 4.79 Å². The van der Waals surface area contributed by atoms with E-state index in [0.717, 1.165) is 10.1 Å². The van der Waals surface area contributed by atoms with Crippen molar-refractivity contribution >= 4 is 27.4 Å². The minimum absolute atomic E-state index is 0.256. The van der Waals surface area contributed by atoms with E-state index in [1.807, 2.05) is 5.38 Å². The zero-order chi connectivity index (χ0) is 8.72. The molecule has 0 saturated carbocycles. The lowest BCUT2D eigenvalue weighted by atomic mass is 10.4. The van der Waals surface area contributed by atoms with E-state index in [4.69, 9.17) is 11.6 Å². The van der Waals surface area contributed by atoms with Gasteiger partial charge < -0.3 is 11.6 Å². The molecule has 0 amide bonds. The highest BCUT2D eigenvalue weighted by Gasteiger charge is 2.05. The standard InChI is InChI=1S/C6H6N4OS/c7-4-3-1-2-12-5(3)9-6(11)10(4)8/h1-2H,7-8H2. The smallest absolute Gasteiger partial charge is 0.369 e. The van der Waals surface area contributed by atoms with E-state index in [1.165, 1.54) is 11.3 Å². The van der Waals surface area contributed by atoms with Gasteiger partial charge in [-0.15, -0.1) is 11.3 Å². The Balaban J connectivity index is 3.04. The van der Waals surface area contributed by atoms with Gasteiger partial charge in [0.15, 0.2) is 0 Å². The molecule has 4 N–H and O–H groups in total. The molecule has 2 aromatic heterocycles. The van der Waals surface area contributed by atoms with Crippen molar-refractivity contribution in [1.82, 2.24) is 9.66 Å². The topological polar surface area (TPSA) is 86.9 Å². The fourth-order valence-electron chi connectivity index (χ4n) is 0.956. The van der Waals surface area contributed by atoms with E-state index in [2.05, 4.69) is 4.98 Å². The molecule has 62 valence electrons. The van der Waals surface area contributed by atoms with Crippen LogP contribution in [0.5, 0.6) is 0 Å². The van der Waals surface area contributed by atoms with Gasteiger partial charge >= 0.3 is 5.69 Å². The first-order valence-corrected chi connectivity index (χ1v) is 4.09. The monoisotopic (exact) mass is 182 g/mol. The molecule has 2 rings (SSSR count). The van der Waals surface area contributed by atoms with Gasteiger partial charge in [-0.05, 0) is 11.4 Å². The molecule has 0 saturated heterocycles. The van der Waals surface area contributed by atoms with Crippen molar-refractivity contribution in [2.45, 2.75) is 0 Å². The van der Waals surface area contributed by atoms with Crippen molar-refractivity contribution < 1.29 is 0 Å². The van der Waals surface area contributed by atoms with Gasteiger partial charge in [0, 0.05) is 0 Å². The predicted octanol–water partition coefficient (Wildman–Crippen LogP) is -0.246. The van der Waals surface area contributed by atoms with E-state index >= 15 is 0 Å². The maximum absolute atomic E-state index is 11.0. The maximum Gasteiger partial charge on any atom is 0.369 e. The van der Waals surface area contributed by atoms with Crippen LogP contribution >= 0.6 is 11.3 Å². The summed E-state index contributed by atoms with van der Waals surface area (Å²) in [6, 6.07) is 1.78. The zero-order valence-corrected chi connectivity index (χ0v) is 6.84. The molecule has 2 aromatic rings. The third-order valence-electron chi connectivity index (χ3n) is 1.58. The Morgan fingerprint density at radius 2 is 2.33 bits per heavy atom. The summed E-state index contributed by atoms with van der Waals surface area (Å²) in [5.41, 5.74) is 5.04. The van der Waals surface area contributed by atoms with Crippen molar-refractivity contribution in [3.63, 3.8) is 0 Å². The van der Waals surface area contributed by atoms with Crippen LogP contribution in [0.4, 0.5) is 5.82 Å². The Hall–Kier alpha value is -1.56. The van der Waals surface area contributed by atoms with Crippen LogP contribution in [0.3, 0.4) is 0 Å². The summed E-state index contributed by atoms with van der Waals surface area (Å²) in [7, 11) is 0. The number of hydrogen-bond donors (Lipinski definition) is 2. The molecule has 0 radical (unpaired) electrons. The zero-order valence-electron chi connectivity index (χ0n) is 6.02. The first-order valence-electron chi connectivity index (χ1n) is 3.21. The van der Waals surface area contributed by atoms with Crippen molar-refractivity contribution in [2.75, 3.05) is 11.6 Å². The van der Waals surface area contributed by atoms with Gasteiger partial charge in [-0.25, -0.2) is 4.79 Å². The highest BCUT2D eigenvalue weighted by molar-refractivity contribution is 7.16. The van der Waals surface area contributed by atoms with Gasteiger partial charge in [0.2, 0.25) is 0 Å². The lowest BCUT2D eigenvalue weighted by molar-refractivity contribution is 0.908. The molecule has 0 spiro atoms. The number of nitrogens with zero attached hydrogens (tertiary/aromatic N) is 2. The molecule has 6 heteroatoms. The number of hydrogen-bond acceptors (Lipinski definition) is 5. The number of anilines is 1. The second-order valence-electron chi connectivity index (χ2n) is 2.29. The van der Waals surface area contributed by atoms with Crippen LogP contribution in [0.2, 0.25) is 0 Å². The van der Waals surface area contributed by atoms with Gasteiger partial charge in [0.1, 0.15) is 10.6 Å². The molecule has 0 unspecified atom stereocenters. The Kier molecular flexibility index (Phi) is 1.31. The molecular formula is C6H6N4OS. The van der Waals surface area contributed by atoms with Gasteiger partial charge in [-0.1, -0.05) is 0 Å². The Bertz CT molecular complexity index is 486. The van der Waals surface area contributed by atoms with Gasteiger partial charge in [0.25, 0.3) is 0 Å². The van der Waals surface area contributed by atoms with Crippen LogP contribution in [0.25, 0.3) is 10.2 Å². The SMILES string of the molecule is Nc1c2ccsc2nc(=O)n1N. The van der Waals surface area contributed by atoms with E-state index in [-0.39, 0.29) is 5.82 Å². The minimum atomic E-state index is -0.526. The molecule has 5 nitrogen and oxygen atoms in total. The molecule has 2 heterocycles. The van der Waals surface area contributed by atoms with Crippen LogP contribution in [-0.4, -0.2) is 9.66 Å². The lowest BCUT2D eigenvalue weighted by Gasteiger charge is -2.01. The van der Waals surface area contributed by atoms with Crippen molar-refractivity contribution in [2.24, 2.45) is 0 Å². The Morgan fingerprint density at radius 1 is 1.58 bits per heavy atom. The summed E-state index contributed by atoms with van der Waals surface area (Å²) in [4.78, 5) is 15.3. The van der Waals surface area contributed by atoms with Gasteiger partial charge in [-0.2, -0.15) is 9.66 Å². The fraction of sp³-hybridized carbons (Fsp3) is 0. The lowest BCUT2D eigenvalue weighted by Crippen LogP contribution is -2.31. The van der Waals surface area contributed by atoms with Crippen LogP contribution in [0.15, 0.2) is 16.2 Å². The molecule has 0 aliphatic rings. The number of rotatable bonds is 0. The summed E-state index contributed by atoms with van der Waals surface area (Å²) < 4.78 is 0.842. The number of thiophene rings is 1. The predicted molar refractivity (Wildman–Crippen MR) is 48.4 cm³/mol. The van der Waals surface area contributed by atoms with Crippen molar-refractivity contribution in [1.29, 1.82) is 0 Å². The first-order chi connectivity index (χ1) is 5.70. The third-order valence-corrected chi connectivity index (χ3v) is 2.39. The minimum Gasteiger partial charge on any atom is -0.383 e. The van der Waals surface area contributed by atoms with Crippen LogP contribution in [0, 0.1) is 0 Å². The van der Waals surface area contributed by atoms with Crippen LogP contribution in [0.1, 0.15) is 0 Å². The molecule has 0 aliphatic heterocycles. The number of fused-ring (bicyclic) bond motifs is 1. The number of aromatic nitrogens is 2. The Morgan fingerprint density at radius 3 is 3.08 bits per heavy atom. The number of nitrogens with two attached hydrogens (primary N) is 2. The average molecular weight is 182 g/mol. The van der Waals surface area contributed by atoms with E-state index < -0.39 is 5.69 Å². The van der Waals surface area contributed by atoms with Crippen LogP contribution in [-0.2, 0) is 0 Å². The normalized spacial score (nSPS) is 10.7. The van der Waals surface area contributed by atoms with E-state index in [1.54, 1.807) is 6.07 Å². The largest absolute Gasteiger partial charge is 0.383 e. The first kappa shape index (κ1) is 7.11. The molecule has 0 aliphatic carbocycles. The highest BCUT2D eigenvalue weighted by atomic mass is 32.1. The molecule has 12 heavy (non-hydrogen) atoms. The van der Waals surface area contributed by atoms with Crippen molar-refractivity contribution in [3.8, 4) is 0 Å². The van der Waals surface area contributed by atoms with Crippen molar-refractivity contribution in [3.05, 3.63) is 21.9 Å². The summed E-state index contributed by atoms with van der Waals surface area (Å²) >= 11 is 1.36. The summed E-state index contributed by atoms with van der Waals surface area (Å²) in [6.07, 6.45) is 0. The molecular weight excluding hydrogens is 176 g/mol. The number of nitrogen functional groups attached to an aromatic ring is 2. The average Bonchev–Trinajstić information content (AvgIpc) is 2.48. The fourth-order valence-corrected chi connectivity index (χ4v) is 1.72. The van der Waals surface area contributed by atoms with Gasteiger partial charge in [-0.3, -0.25) is 0 Å². The van der Waals surface area contributed by atoms with Gasteiger partial charge in [0.05, 0.1) is 5.39 Å². The molecule has 0 aromatic carbocycles. The highest BCUT2D eigenvalue weighted by Crippen LogP contribution is 2.20. The van der Waals surface area contributed by atoms with Crippen LogP contribution < -0.4 is 17.3 Å². The second-order valence-corrected chi connectivity index (χ2v) is 3.18. The molecule has 0 fully saturated rings. The van der Waals surface area contributed by atoms with E-state index in [0.29, 0.717) is 4.83 Å².